The van der Waals surface area contributed by atoms with Gasteiger partial charge in [-0.15, -0.1) is 36.7 Å². The first-order valence-corrected chi connectivity index (χ1v) is 20.3. The molecule has 0 radical (unpaired) electrons. The maximum Gasteiger partial charge on any atom is 1.00 e. The second-order valence-corrected chi connectivity index (χ2v) is 17.1. The Hall–Kier alpha value is -3.85. The van der Waals surface area contributed by atoms with Gasteiger partial charge in [0.25, 0.3) is 17.4 Å². The van der Waals surface area contributed by atoms with Crippen LogP contribution >= 0.6 is 11.3 Å². The number of fused-ring (bicyclic) bond motifs is 3. The van der Waals surface area contributed by atoms with Gasteiger partial charge in [0.05, 0.1) is 15.7 Å². The summed E-state index contributed by atoms with van der Waals surface area (Å²) in [6.07, 6.45) is 7.86. The summed E-state index contributed by atoms with van der Waals surface area (Å²) in [5.74, 6) is 1.17. The number of pyridine rings is 1. The summed E-state index contributed by atoms with van der Waals surface area (Å²) in [4.78, 5) is 42.5. The third kappa shape index (κ3) is 12.7. The molecule has 0 saturated heterocycles. The molecular weight excluding hydrogens is 865 g/mol. The van der Waals surface area contributed by atoms with Crippen molar-refractivity contribution in [1.82, 2.24) is 24.3 Å². The number of imidazole rings is 1. The van der Waals surface area contributed by atoms with Gasteiger partial charge in [-0.25, -0.2) is 15.3 Å². The van der Waals surface area contributed by atoms with Gasteiger partial charge in [0.15, 0.2) is 4.96 Å². The maximum atomic E-state index is 12.6. The van der Waals surface area contributed by atoms with Crippen LogP contribution in [0.1, 0.15) is 79.5 Å². The average molecular weight is 908 g/mol. The van der Waals surface area contributed by atoms with Crippen molar-refractivity contribution in [1.29, 1.82) is 0 Å². The molecule has 0 unspecified atom stereocenters. The number of anilines is 2. The van der Waals surface area contributed by atoms with Crippen LogP contribution in [-0.2, 0) is 23.8 Å². The van der Waals surface area contributed by atoms with Crippen LogP contribution in [0, 0.1) is 24.5 Å². The number of carbonyl (C=O) groups excluding carboxylic acids is 2. The van der Waals surface area contributed by atoms with Crippen LogP contribution in [-0.4, -0.2) is 36.1 Å². The largest absolute Gasteiger partial charge is 1.00 e. The number of aryl methyl sites for hydroxylation is 2. The fraction of sp³-hybridized carbons (Fsp3) is 0.208. The van der Waals surface area contributed by atoms with Gasteiger partial charge in [0.2, 0.25) is 0 Å². The summed E-state index contributed by atoms with van der Waals surface area (Å²) < 4.78 is 14.6. The molecule has 4 aromatic carbocycles. The molecule has 5 aromatic heterocycles. The number of para-hydroxylation sites is 2. The molecule has 15 heteroatoms. The monoisotopic (exact) mass is 907 g/mol. The van der Waals surface area contributed by atoms with Gasteiger partial charge >= 0.3 is 103 Å². The second kappa shape index (κ2) is 22.4. The number of hydrogen-bond acceptors (Lipinski definition) is 9. The number of rotatable bonds is 4. The summed E-state index contributed by atoms with van der Waals surface area (Å²) in [7, 11) is 0. The molecule has 1 aliphatic heterocycles. The SMILES string of the molecule is CC(C)(C)c1c[c-]no1.CC(C)(C)c1c[c-]no1.O=C(Nc1cc[c-]cc1)c1cc2cccc3c2n(c1=O)CC3.O=C(Nc1cc[c-]cc1)c1cn2c(n1)sc1ccccc12.[K+].[K+]. The molecule has 0 aliphatic carbocycles. The smallest absolute Gasteiger partial charge is 0.470 e. The zero-order chi connectivity index (χ0) is 43.1. The first-order chi connectivity index (χ1) is 29.3. The van der Waals surface area contributed by atoms with E-state index in [0.717, 1.165) is 49.7 Å². The molecule has 0 fully saturated rings. The fourth-order valence-corrected chi connectivity index (χ4v) is 7.31. The number of thiazole rings is 1. The van der Waals surface area contributed by atoms with Crippen LogP contribution in [0.5, 0.6) is 0 Å². The molecule has 10 rings (SSSR count). The Morgan fingerprint density at radius 2 is 1.32 bits per heavy atom. The van der Waals surface area contributed by atoms with Gasteiger partial charge < -0.3 is 24.2 Å². The van der Waals surface area contributed by atoms with Crippen LogP contribution in [0.25, 0.3) is 26.1 Å². The standard InChI is InChI=1S/C18H13N2O2.C16H10N3OS.2C7H10NO.2K/c21-17(19-14-7-2-1-3-8-14)15-11-13-6-4-5-12-9-10-20(16(12)13)18(15)22;20-15(17-11-6-2-1-3-7-11)12-10-19-13-8-4-5-9-14(13)21-16(19)18-12;2*1-7(2,3)6-4-5-8-9-6;;/h2-8,11H,9-10H2,(H,19,21);2-10H,(H,17,20);2*4H,1-3H3;;/q4*-1;2*+1. The minimum absolute atomic E-state index is 0. The fourth-order valence-electron chi connectivity index (χ4n) is 6.30. The first kappa shape index (κ1) is 50.2. The van der Waals surface area contributed by atoms with Crippen molar-refractivity contribution in [3.8, 4) is 0 Å². The molecule has 12 nitrogen and oxygen atoms in total. The molecule has 1 aliphatic rings. The minimum Gasteiger partial charge on any atom is -0.470 e. The van der Waals surface area contributed by atoms with Crippen molar-refractivity contribution in [2.45, 2.75) is 65.3 Å². The van der Waals surface area contributed by atoms with Crippen LogP contribution in [0.15, 0.2) is 129 Å². The predicted molar refractivity (Wildman–Crippen MR) is 237 cm³/mol. The van der Waals surface area contributed by atoms with E-state index in [0.29, 0.717) is 17.9 Å². The van der Waals surface area contributed by atoms with E-state index in [1.165, 1.54) is 5.56 Å². The van der Waals surface area contributed by atoms with Gasteiger partial charge in [-0.1, -0.05) is 94.6 Å². The van der Waals surface area contributed by atoms with Crippen LogP contribution in [0.4, 0.5) is 11.4 Å². The van der Waals surface area contributed by atoms with Crippen molar-refractivity contribution in [3.63, 3.8) is 0 Å². The summed E-state index contributed by atoms with van der Waals surface area (Å²) in [5, 5.41) is 13.5. The van der Waals surface area contributed by atoms with Gasteiger partial charge in [0, 0.05) is 12.7 Å². The number of carbonyl (C=O) groups is 2. The topological polar surface area (TPSA) is 150 Å². The number of benzene rings is 4. The molecule has 2 amide bonds. The van der Waals surface area contributed by atoms with Crippen molar-refractivity contribution >= 4 is 60.6 Å². The zero-order valence-corrected chi connectivity index (χ0v) is 43.6. The van der Waals surface area contributed by atoms with Crippen molar-refractivity contribution in [2.75, 3.05) is 10.6 Å². The Labute approximate surface area is 454 Å². The Bertz CT molecular complexity index is 2910. The summed E-state index contributed by atoms with van der Waals surface area (Å²) in [6, 6.07) is 39.0. The number of aromatic nitrogens is 5. The summed E-state index contributed by atoms with van der Waals surface area (Å²) in [6.45, 7) is 13.1. The molecule has 63 heavy (non-hydrogen) atoms. The van der Waals surface area contributed by atoms with Gasteiger partial charge in [-0.2, -0.15) is 48.5 Å². The van der Waals surface area contributed by atoms with E-state index < -0.39 is 0 Å². The average Bonchev–Trinajstić information content (AvgIpc) is 4.09. The maximum absolute atomic E-state index is 12.6. The summed E-state index contributed by atoms with van der Waals surface area (Å²) in [5.41, 5.74) is 5.08. The minimum atomic E-state index is -0.376. The quantitative estimate of drug-likeness (QED) is 0.201. The van der Waals surface area contributed by atoms with Crippen molar-refractivity contribution < 1.29 is 121 Å². The van der Waals surface area contributed by atoms with Crippen LogP contribution in [0.3, 0.4) is 0 Å². The van der Waals surface area contributed by atoms with Gasteiger partial charge in [-0.3, -0.25) is 18.8 Å². The second-order valence-electron chi connectivity index (χ2n) is 16.1. The van der Waals surface area contributed by atoms with E-state index in [1.54, 1.807) is 88.8 Å². The number of nitrogens with one attached hydrogen (secondary N) is 2. The van der Waals surface area contributed by atoms with Crippen molar-refractivity contribution in [2.24, 2.45) is 0 Å². The third-order valence-electron chi connectivity index (χ3n) is 9.49. The van der Waals surface area contributed by atoms with E-state index in [9.17, 15) is 14.4 Å². The predicted octanol–water partition coefficient (Wildman–Crippen LogP) is 3.76. The normalized spacial score (nSPS) is 11.5. The number of amides is 2. The molecule has 0 atom stereocenters. The molecule has 6 heterocycles. The summed E-state index contributed by atoms with van der Waals surface area (Å²) >= 11 is 1.57. The van der Waals surface area contributed by atoms with Crippen molar-refractivity contribution in [3.05, 3.63) is 179 Å². The van der Waals surface area contributed by atoms with Gasteiger partial charge in [-0.05, 0) is 57.9 Å². The molecular formula is C48H43K2N7O5S-2. The zero-order valence-electron chi connectivity index (χ0n) is 36.6. The van der Waals surface area contributed by atoms with E-state index in [-0.39, 0.29) is 137 Å². The number of nitrogens with zero attached hydrogens (tertiary/aromatic N) is 5. The van der Waals surface area contributed by atoms with E-state index in [2.05, 4.69) is 98.1 Å². The Kier molecular flexibility index (Phi) is 17.8. The van der Waals surface area contributed by atoms with E-state index in [1.807, 2.05) is 40.8 Å². The molecule has 0 spiro atoms. The molecule has 9 aromatic rings. The first-order valence-electron chi connectivity index (χ1n) is 19.5. The third-order valence-corrected chi connectivity index (χ3v) is 10.5. The molecule has 2 N–H and O–H groups in total. The van der Waals surface area contributed by atoms with Crippen LogP contribution < -0.4 is 119 Å². The van der Waals surface area contributed by atoms with Gasteiger partial charge in [0.1, 0.15) is 11.3 Å². The number of hydrogen-bond donors (Lipinski definition) is 2. The molecule has 0 saturated carbocycles. The molecule has 0 bridgehead atoms. The van der Waals surface area contributed by atoms with E-state index >= 15 is 0 Å². The Morgan fingerprint density at radius 3 is 1.86 bits per heavy atom. The van der Waals surface area contributed by atoms with E-state index in [4.69, 9.17) is 9.05 Å². The molecule has 310 valence electrons. The Balaban J connectivity index is 0.000000169. The Morgan fingerprint density at radius 1 is 0.746 bits per heavy atom. The van der Waals surface area contributed by atoms with Crippen LogP contribution in [0.2, 0.25) is 0 Å².